The highest BCUT2D eigenvalue weighted by molar-refractivity contribution is 14.0. The maximum Gasteiger partial charge on any atom is 0.573 e. The van der Waals surface area contributed by atoms with Crippen LogP contribution in [0.5, 0.6) is 5.75 Å². The van der Waals surface area contributed by atoms with E-state index < -0.39 is 36.9 Å². The number of para-hydroxylation sites is 2. The lowest BCUT2D eigenvalue weighted by molar-refractivity contribution is -0.274. The van der Waals surface area contributed by atoms with E-state index in [0.29, 0.717) is 0 Å². The van der Waals surface area contributed by atoms with Gasteiger partial charge >= 0.3 is 6.36 Å². The van der Waals surface area contributed by atoms with Crippen molar-refractivity contribution in [2.45, 2.75) is 31.2 Å². The molecule has 2 rings (SSSR count). The molecule has 0 radical (unpaired) electrons. The summed E-state index contributed by atoms with van der Waals surface area (Å²) in [7, 11) is 0. The molecule has 4 nitrogen and oxygen atoms in total. The van der Waals surface area contributed by atoms with Crippen LogP contribution in [0.4, 0.5) is 27.6 Å². The van der Waals surface area contributed by atoms with Crippen LogP contribution < -0.4 is 15.8 Å². The first-order chi connectivity index (χ1) is 9.65. The van der Waals surface area contributed by atoms with Crippen LogP contribution in [0.25, 0.3) is 0 Å². The molecule has 0 heterocycles. The fourth-order valence-electron chi connectivity index (χ4n) is 1.87. The molecule has 0 aromatic heterocycles. The average molecular weight is 437 g/mol. The first kappa shape index (κ1) is 18.7. The number of anilines is 1. The molecule has 1 aromatic carbocycles. The van der Waals surface area contributed by atoms with Crippen molar-refractivity contribution < 1.29 is 26.7 Å². The average Bonchev–Trinajstić information content (AvgIpc) is 2.27. The molecule has 0 saturated heterocycles. The molecule has 10 heteroatoms. The largest absolute Gasteiger partial charge is 0.573 e. The Hall–Kier alpha value is -1.33. The number of nitrogens with two attached hydrogens (primary N) is 1. The third-order valence-corrected chi connectivity index (χ3v) is 2.77. The van der Waals surface area contributed by atoms with Crippen LogP contribution in [0, 0.1) is 0 Å². The molecule has 0 bridgehead atoms. The van der Waals surface area contributed by atoms with Gasteiger partial charge in [0, 0.05) is 12.8 Å². The van der Waals surface area contributed by atoms with E-state index >= 15 is 0 Å². The third kappa shape index (κ3) is 5.46. The normalized spacial score (nSPS) is 18.1. The van der Waals surface area contributed by atoms with E-state index in [1.165, 1.54) is 18.2 Å². The zero-order chi connectivity index (χ0) is 15.7. The summed E-state index contributed by atoms with van der Waals surface area (Å²) < 4.78 is 65.8. The molecule has 0 unspecified atom stereocenters. The molecule has 1 aromatic rings. The zero-order valence-corrected chi connectivity index (χ0v) is 13.4. The first-order valence-corrected chi connectivity index (χ1v) is 5.97. The van der Waals surface area contributed by atoms with Crippen LogP contribution in [0.15, 0.2) is 29.3 Å². The number of nitrogens with one attached hydrogen (secondary N) is 1. The van der Waals surface area contributed by atoms with E-state index in [9.17, 15) is 22.0 Å². The summed E-state index contributed by atoms with van der Waals surface area (Å²) >= 11 is 0. The monoisotopic (exact) mass is 437 g/mol. The van der Waals surface area contributed by atoms with Crippen molar-refractivity contribution in [3.63, 3.8) is 0 Å². The van der Waals surface area contributed by atoms with Crippen molar-refractivity contribution in [3.8, 4) is 5.75 Å². The SMILES string of the molecule is I.NC(=NC1CC(F)(F)C1)Nc1ccccc1OC(F)(F)F. The molecule has 0 atom stereocenters. The Kier molecular flexibility index (Phi) is 5.82. The lowest BCUT2D eigenvalue weighted by Crippen LogP contribution is -2.40. The second-order valence-electron chi connectivity index (χ2n) is 4.60. The van der Waals surface area contributed by atoms with Gasteiger partial charge in [-0.3, -0.25) is 0 Å². The molecular formula is C12H13F5IN3O. The molecule has 1 aliphatic rings. The van der Waals surface area contributed by atoms with Crippen LogP contribution in [0.1, 0.15) is 12.8 Å². The van der Waals surface area contributed by atoms with E-state index in [2.05, 4.69) is 15.0 Å². The van der Waals surface area contributed by atoms with Gasteiger partial charge in [-0.25, -0.2) is 13.8 Å². The fourth-order valence-corrected chi connectivity index (χ4v) is 1.87. The van der Waals surface area contributed by atoms with Crippen LogP contribution in [-0.2, 0) is 0 Å². The smallest absolute Gasteiger partial charge is 0.404 e. The van der Waals surface area contributed by atoms with Gasteiger partial charge in [0.2, 0.25) is 0 Å². The number of nitrogens with zero attached hydrogens (tertiary/aromatic N) is 1. The van der Waals surface area contributed by atoms with Crippen molar-refractivity contribution in [2.24, 2.45) is 10.7 Å². The number of aliphatic imine (C=N–C) groups is 1. The number of rotatable bonds is 3. The number of benzene rings is 1. The van der Waals surface area contributed by atoms with Gasteiger partial charge in [-0.2, -0.15) is 0 Å². The van der Waals surface area contributed by atoms with Crippen molar-refractivity contribution in [2.75, 3.05) is 5.32 Å². The lowest BCUT2D eigenvalue weighted by atomic mass is 9.89. The Morgan fingerprint density at radius 1 is 1.27 bits per heavy atom. The van der Waals surface area contributed by atoms with Gasteiger partial charge in [-0.15, -0.1) is 37.1 Å². The van der Waals surface area contributed by atoms with Crippen LogP contribution in [0.3, 0.4) is 0 Å². The summed E-state index contributed by atoms with van der Waals surface area (Å²) in [6, 6.07) is 4.59. The number of hydrogen-bond acceptors (Lipinski definition) is 2. The maximum absolute atomic E-state index is 12.6. The van der Waals surface area contributed by atoms with Gasteiger partial charge in [0.05, 0.1) is 11.7 Å². The van der Waals surface area contributed by atoms with Crippen molar-refractivity contribution in [1.82, 2.24) is 0 Å². The quantitative estimate of drug-likeness (QED) is 0.328. The third-order valence-electron chi connectivity index (χ3n) is 2.77. The minimum atomic E-state index is -4.85. The van der Waals surface area contributed by atoms with Gasteiger partial charge in [0.1, 0.15) is 0 Å². The molecule has 22 heavy (non-hydrogen) atoms. The van der Waals surface area contributed by atoms with Crippen molar-refractivity contribution in [1.29, 1.82) is 0 Å². The number of guanidine groups is 1. The molecule has 1 saturated carbocycles. The summed E-state index contributed by atoms with van der Waals surface area (Å²) in [6.07, 6.45) is -5.69. The summed E-state index contributed by atoms with van der Waals surface area (Å²) in [5.41, 5.74) is 5.44. The maximum atomic E-state index is 12.6. The van der Waals surface area contributed by atoms with E-state index in [-0.39, 0.29) is 35.6 Å². The standard InChI is InChI=1S/C12H12F5N3O.HI/c13-11(14)5-7(6-11)19-10(18)20-8-3-1-2-4-9(8)21-12(15,16)17;/h1-4,7H,5-6H2,(H3,18,19,20);1H. The Balaban J connectivity index is 0.00000242. The van der Waals surface area contributed by atoms with E-state index in [1.807, 2.05) is 0 Å². The van der Waals surface area contributed by atoms with Gasteiger partial charge in [-0.1, -0.05) is 12.1 Å². The second kappa shape index (κ2) is 6.84. The lowest BCUT2D eigenvalue weighted by Gasteiger charge is -2.32. The molecule has 0 aliphatic heterocycles. The topological polar surface area (TPSA) is 59.6 Å². The van der Waals surface area contributed by atoms with Gasteiger partial charge < -0.3 is 15.8 Å². The van der Waals surface area contributed by atoms with E-state index in [4.69, 9.17) is 5.73 Å². The molecule has 1 aliphatic carbocycles. The minimum absolute atomic E-state index is 0. The number of halogens is 6. The van der Waals surface area contributed by atoms with E-state index in [0.717, 1.165) is 6.07 Å². The first-order valence-electron chi connectivity index (χ1n) is 5.97. The van der Waals surface area contributed by atoms with Crippen LogP contribution >= 0.6 is 24.0 Å². The van der Waals surface area contributed by atoms with Crippen molar-refractivity contribution >= 4 is 35.6 Å². The Labute approximate surface area is 139 Å². The van der Waals surface area contributed by atoms with E-state index in [1.54, 1.807) is 0 Å². The molecule has 0 spiro atoms. The molecule has 1 fully saturated rings. The van der Waals surface area contributed by atoms with Crippen molar-refractivity contribution in [3.05, 3.63) is 24.3 Å². The van der Waals surface area contributed by atoms with Crippen LogP contribution in [0.2, 0.25) is 0 Å². The van der Waals surface area contributed by atoms with Crippen LogP contribution in [-0.4, -0.2) is 24.3 Å². The Morgan fingerprint density at radius 2 is 1.86 bits per heavy atom. The number of alkyl halides is 5. The second-order valence-corrected chi connectivity index (χ2v) is 4.60. The highest BCUT2D eigenvalue weighted by Crippen LogP contribution is 2.39. The van der Waals surface area contributed by atoms with Gasteiger partial charge in [-0.05, 0) is 12.1 Å². The molecular weight excluding hydrogens is 424 g/mol. The molecule has 3 N–H and O–H groups in total. The molecule has 124 valence electrons. The highest BCUT2D eigenvalue weighted by Gasteiger charge is 2.45. The predicted molar refractivity (Wildman–Crippen MR) is 81.8 cm³/mol. The summed E-state index contributed by atoms with van der Waals surface area (Å²) in [5, 5.41) is 2.42. The fraction of sp³-hybridized carbons (Fsp3) is 0.417. The molecule has 0 amide bonds. The van der Waals surface area contributed by atoms with Gasteiger partial charge in [0.15, 0.2) is 11.7 Å². The highest BCUT2D eigenvalue weighted by atomic mass is 127. The summed E-state index contributed by atoms with van der Waals surface area (Å²) in [6.45, 7) is 0. The summed E-state index contributed by atoms with van der Waals surface area (Å²) in [5.74, 6) is -3.47. The zero-order valence-electron chi connectivity index (χ0n) is 11.0. The minimum Gasteiger partial charge on any atom is -0.404 e. The Bertz CT molecular complexity index is 542. The predicted octanol–water partition coefficient (Wildman–Crippen LogP) is 3.73. The van der Waals surface area contributed by atoms with Gasteiger partial charge in [0.25, 0.3) is 5.92 Å². The Morgan fingerprint density at radius 3 is 2.41 bits per heavy atom. The number of ether oxygens (including phenoxy) is 1. The number of hydrogen-bond donors (Lipinski definition) is 2. The summed E-state index contributed by atoms with van der Waals surface area (Å²) in [4.78, 5) is 3.78.